The van der Waals surface area contributed by atoms with Gasteiger partial charge in [-0.1, -0.05) is 42.5 Å². The van der Waals surface area contributed by atoms with E-state index >= 15 is 0 Å². The maximum absolute atomic E-state index is 12.9. The Morgan fingerprint density at radius 1 is 0.938 bits per heavy atom. The fourth-order valence-corrected chi connectivity index (χ4v) is 4.70. The Morgan fingerprint density at radius 3 is 2.09 bits per heavy atom. The van der Waals surface area contributed by atoms with Gasteiger partial charge < -0.3 is 9.64 Å². The normalized spacial score (nSPS) is 15.7. The summed E-state index contributed by atoms with van der Waals surface area (Å²) < 4.78 is 32.6. The molecule has 2 aromatic rings. The number of rotatable bonds is 6. The van der Waals surface area contributed by atoms with Crippen molar-refractivity contribution in [2.45, 2.75) is 44.4 Å². The SMILES string of the molecule is CN(Cc1ccccc1)S(=O)(=O)c1ccc(CN2CCN(C(=O)OC(C)(C)C)CC2)cc1. The summed E-state index contributed by atoms with van der Waals surface area (Å²) in [4.78, 5) is 16.5. The maximum Gasteiger partial charge on any atom is 0.410 e. The Hall–Kier alpha value is -2.42. The highest BCUT2D eigenvalue weighted by Crippen LogP contribution is 2.19. The molecule has 0 aromatic heterocycles. The highest BCUT2D eigenvalue weighted by atomic mass is 32.2. The molecule has 7 nitrogen and oxygen atoms in total. The molecule has 1 fully saturated rings. The lowest BCUT2D eigenvalue weighted by atomic mass is 10.2. The van der Waals surface area contributed by atoms with E-state index in [9.17, 15) is 13.2 Å². The first-order chi connectivity index (χ1) is 15.0. The van der Waals surface area contributed by atoms with Gasteiger partial charge in [0.2, 0.25) is 10.0 Å². The number of amides is 1. The summed E-state index contributed by atoms with van der Waals surface area (Å²) in [6.45, 7) is 9.37. The van der Waals surface area contributed by atoms with Gasteiger partial charge >= 0.3 is 6.09 Å². The fourth-order valence-electron chi connectivity index (χ4n) is 3.55. The van der Waals surface area contributed by atoms with Gasteiger partial charge in [0.25, 0.3) is 0 Å². The molecular formula is C24H33N3O4S. The van der Waals surface area contributed by atoms with Crippen molar-refractivity contribution >= 4 is 16.1 Å². The van der Waals surface area contributed by atoms with E-state index in [1.54, 1.807) is 24.1 Å². The van der Waals surface area contributed by atoms with Crippen LogP contribution in [0.15, 0.2) is 59.5 Å². The van der Waals surface area contributed by atoms with Gasteiger partial charge in [-0.15, -0.1) is 0 Å². The number of nitrogens with zero attached hydrogens (tertiary/aromatic N) is 3. The molecule has 2 aromatic carbocycles. The standard InChI is InChI=1S/C24H33N3O4S/c1-24(2,3)31-23(28)27-16-14-26(15-17-27)19-21-10-12-22(13-11-21)32(29,30)25(4)18-20-8-6-5-7-9-20/h5-13H,14-19H2,1-4H3. The summed E-state index contributed by atoms with van der Waals surface area (Å²) in [6.07, 6.45) is -0.272. The third kappa shape index (κ3) is 6.54. The number of carbonyl (C=O) groups is 1. The van der Waals surface area contributed by atoms with E-state index in [0.29, 0.717) is 26.2 Å². The van der Waals surface area contributed by atoms with Crippen molar-refractivity contribution in [2.75, 3.05) is 33.2 Å². The predicted molar refractivity (Wildman–Crippen MR) is 125 cm³/mol. The molecule has 1 aliphatic rings. The largest absolute Gasteiger partial charge is 0.444 e. The van der Waals surface area contributed by atoms with Crippen LogP contribution in [0.1, 0.15) is 31.9 Å². The first-order valence-corrected chi connectivity index (χ1v) is 12.3. The Morgan fingerprint density at radius 2 is 1.53 bits per heavy atom. The van der Waals surface area contributed by atoms with Gasteiger partial charge in [-0.3, -0.25) is 4.90 Å². The molecular weight excluding hydrogens is 426 g/mol. The van der Waals surface area contributed by atoms with Crippen LogP contribution in [-0.4, -0.2) is 67.4 Å². The van der Waals surface area contributed by atoms with Gasteiger partial charge in [0.05, 0.1) is 4.90 Å². The number of hydrogen-bond donors (Lipinski definition) is 0. The molecule has 1 amide bonds. The van der Waals surface area contributed by atoms with E-state index in [1.165, 1.54) is 4.31 Å². The van der Waals surface area contributed by atoms with E-state index in [1.807, 2.05) is 63.2 Å². The van der Waals surface area contributed by atoms with Crippen molar-refractivity contribution < 1.29 is 17.9 Å². The molecule has 0 aliphatic carbocycles. The van der Waals surface area contributed by atoms with E-state index in [2.05, 4.69) is 4.90 Å². The smallest absolute Gasteiger partial charge is 0.410 e. The van der Waals surface area contributed by atoms with Crippen LogP contribution < -0.4 is 0 Å². The first-order valence-electron chi connectivity index (χ1n) is 10.8. The minimum absolute atomic E-state index is 0.272. The van der Waals surface area contributed by atoms with E-state index in [4.69, 9.17) is 4.74 Å². The number of ether oxygens (including phenoxy) is 1. The van der Waals surface area contributed by atoms with Gasteiger partial charge in [-0.2, -0.15) is 4.31 Å². The van der Waals surface area contributed by atoms with Crippen molar-refractivity contribution in [3.8, 4) is 0 Å². The molecule has 1 saturated heterocycles. The number of sulfonamides is 1. The average Bonchev–Trinajstić information content (AvgIpc) is 2.74. The highest BCUT2D eigenvalue weighted by Gasteiger charge is 2.26. The van der Waals surface area contributed by atoms with E-state index < -0.39 is 15.6 Å². The summed E-state index contributed by atoms with van der Waals surface area (Å²) in [5.41, 5.74) is 1.49. The lowest BCUT2D eigenvalue weighted by molar-refractivity contribution is 0.0139. The quantitative estimate of drug-likeness (QED) is 0.661. The molecule has 0 N–H and O–H groups in total. The van der Waals surface area contributed by atoms with Gasteiger partial charge in [-0.05, 0) is 44.0 Å². The third-order valence-corrected chi connectivity index (χ3v) is 7.13. The second kappa shape index (κ2) is 10.0. The molecule has 0 radical (unpaired) electrons. The average molecular weight is 460 g/mol. The minimum atomic E-state index is -3.56. The Labute approximate surface area is 191 Å². The van der Waals surface area contributed by atoms with Gasteiger partial charge in [-0.25, -0.2) is 13.2 Å². The van der Waals surface area contributed by atoms with Gasteiger partial charge in [0, 0.05) is 46.3 Å². The molecule has 0 spiro atoms. The topological polar surface area (TPSA) is 70.2 Å². The summed E-state index contributed by atoms with van der Waals surface area (Å²) >= 11 is 0. The Kier molecular flexibility index (Phi) is 7.59. The lowest BCUT2D eigenvalue weighted by Gasteiger charge is -2.35. The van der Waals surface area contributed by atoms with Crippen molar-refractivity contribution in [1.82, 2.24) is 14.1 Å². The fraction of sp³-hybridized carbons (Fsp3) is 0.458. The molecule has 0 unspecified atom stereocenters. The lowest BCUT2D eigenvalue weighted by Crippen LogP contribution is -2.49. The van der Waals surface area contributed by atoms with Crippen molar-refractivity contribution in [2.24, 2.45) is 0 Å². The van der Waals surface area contributed by atoms with Crippen molar-refractivity contribution in [3.05, 3.63) is 65.7 Å². The van der Waals surface area contributed by atoms with Crippen LogP contribution in [0.2, 0.25) is 0 Å². The second-order valence-electron chi connectivity index (χ2n) is 9.13. The van der Waals surface area contributed by atoms with Crippen LogP contribution in [0.4, 0.5) is 4.79 Å². The highest BCUT2D eigenvalue weighted by molar-refractivity contribution is 7.89. The number of hydrogen-bond acceptors (Lipinski definition) is 5. The molecule has 1 aliphatic heterocycles. The zero-order valence-electron chi connectivity index (χ0n) is 19.3. The minimum Gasteiger partial charge on any atom is -0.444 e. The van der Waals surface area contributed by atoms with Crippen LogP contribution in [0.5, 0.6) is 0 Å². The molecule has 3 rings (SSSR count). The van der Waals surface area contributed by atoms with Crippen LogP contribution in [0.3, 0.4) is 0 Å². The number of carbonyl (C=O) groups excluding carboxylic acids is 1. The summed E-state index contributed by atoms with van der Waals surface area (Å²) in [5, 5.41) is 0. The maximum atomic E-state index is 12.9. The monoisotopic (exact) mass is 459 g/mol. The Bertz CT molecular complexity index is 994. The van der Waals surface area contributed by atoms with E-state index in [-0.39, 0.29) is 11.0 Å². The van der Waals surface area contributed by atoms with Crippen LogP contribution in [0, 0.1) is 0 Å². The predicted octanol–water partition coefficient (Wildman–Crippen LogP) is 3.56. The zero-order valence-corrected chi connectivity index (χ0v) is 20.1. The first kappa shape index (κ1) is 24.2. The third-order valence-electron chi connectivity index (χ3n) is 5.31. The van der Waals surface area contributed by atoms with Crippen LogP contribution in [-0.2, 0) is 27.8 Å². The van der Waals surface area contributed by atoms with Crippen LogP contribution >= 0.6 is 0 Å². The molecule has 0 atom stereocenters. The molecule has 0 bridgehead atoms. The Balaban J connectivity index is 1.54. The second-order valence-corrected chi connectivity index (χ2v) is 11.2. The van der Waals surface area contributed by atoms with Crippen LogP contribution in [0.25, 0.3) is 0 Å². The zero-order chi connectivity index (χ0) is 23.4. The molecule has 8 heteroatoms. The van der Waals surface area contributed by atoms with Gasteiger partial charge in [0.1, 0.15) is 5.60 Å². The van der Waals surface area contributed by atoms with Crippen molar-refractivity contribution in [3.63, 3.8) is 0 Å². The number of benzene rings is 2. The molecule has 0 saturated carbocycles. The summed E-state index contributed by atoms with van der Waals surface area (Å²) in [7, 11) is -1.96. The summed E-state index contributed by atoms with van der Waals surface area (Å²) in [5.74, 6) is 0. The van der Waals surface area contributed by atoms with Gasteiger partial charge in [0.15, 0.2) is 0 Å². The number of piperazine rings is 1. The van der Waals surface area contributed by atoms with Crippen molar-refractivity contribution in [1.29, 1.82) is 0 Å². The molecule has 32 heavy (non-hydrogen) atoms. The van der Waals surface area contributed by atoms with E-state index in [0.717, 1.165) is 24.2 Å². The summed E-state index contributed by atoms with van der Waals surface area (Å²) in [6, 6.07) is 16.6. The molecule has 1 heterocycles. The molecule has 174 valence electrons.